The van der Waals surface area contributed by atoms with Crippen LogP contribution in [-0.2, 0) is 25.9 Å². The Balaban J connectivity index is 1.80. The summed E-state index contributed by atoms with van der Waals surface area (Å²) in [5, 5.41) is 2.88. The molecule has 3 atom stereocenters. The van der Waals surface area contributed by atoms with Gasteiger partial charge in [-0.05, 0) is 42.2 Å². The molecular formula is C26H37N3O6S. The fourth-order valence-electron chi connectivity index (χ4n) is 4.06. The van der Waals surface area contributed by atoms with Crippen LogP contribution in [0.1, 0.15) is 25.8 Å². The summed E-state index contributed by atoms with van der Waals surface area (Å²) >= 11 is 0. The molecule has 1 amide bonds. The largest absolute Gasteiger partial charge is 0.497 e. The van der Waals surface area contributed by atoms with Gasteiger partial charge in [-0.25, -0.2) is 13.2 Å². The van der Waals surface area contributed by atoms with Crippen LogP contribution in [0, 0.1) is 5.92 Å². The molecule has 3 rings (SSSR count). The number of nitrogens with zero attached hydrogens (tertiary/aromatic N) is 1. The predicted octanol–water partition coefficient (Wildman–Crippen LogP) is 2.80. The number of nitrogens with one attached hydrogen (secondary N) is 1. The number of hydrogen-bond acceptors (Lipinski definition) is 7. The Hall–Kier alpha value is -2.66. The Morgan fingerprint density at radius 1 is 1.14 bits per heavy atom. The third kappa shape index (κ3) is 7.92. The minimum absolute atomic E-state index is 0.0247. The molecule has 198 valence electrons. The lowest BCUT2D eigenvalue weighted by molar-refractivity contribution is 0.0797. The number of rotatable bonds is 12. The van der Waals surface area contributed by atoms with Crippen LogP contribution in [0.25, 0.3) is 0 Å². The van der Waals surface area contributed by atoms with E-state index in [4.69, 9.17) is 19.9 Å². The van der Waals surface area contributed by atoms with Gasteiger partial charge in [0.15, 0.2) is 0 Å². The van der Waals surface area contributed by atoms with Gasteiger partial charge in [-0.1, -0.05) is 44.2 Å². The zero-order valence-electron chi connectivity index (χ0n) is 21.1. The number of methoxy groups -OCH3 is 1. The number of carbonyl (C=O) groups is 1. The Morgan fingerprint density at radius 2 is 1.83 bits per heavy atom. The summed E-state index contributed by atoms with van der Waals surface area (Å²) in [5.74, 6) is 0.637. The maximum Gasteiger partial charge on any atom is 0.407 e. The molecule has 0 unspecified atom stereocenters. The third-order valence-corrected chi connectivity index (χ3v) is 7.81. The first-order chi connectivity index (χ1) is 17.2. The van der Waals surface area contributed by atoms with Gasteiger partial charge in [0, 0.05) is 25.6 Å². The van der Waals surface area contributed by atoms with Crippen LogP contribution in [0.5, 0.6) is 5.75 Å². The van der Waals surface area contributed by atoms with Crippen LogP contribution in [0.4, 0.5) is 4.79 Å². The molecule has 0 bridgehead atoms. The Labute approximate surface area is 214 Å². The molecule has 0 aromatic heterocycles. The van der Waals surface area contributed by atoms with E-state index < -0.39 is 28.2 Å². The minimum atomic E-state index is -3.83. The highest BCUT2D eigenvalue weighted by Crippen LogP contribution is 2.21. The van der Waals surface area contributed by atoms with Gasteiger partial charge >= 0.3 is 6.09 Å². The number of hydrogen-bond donors (Lipinski definition) is 2. The molecule has 1 aliphatic heterocycles. The highest BCUT2D eigenvalue weighted by molar-refractivity contribution is 7.89. The highest BCUT2D eigenvalue weighted by Gasteiger charge is 2.31. The number of amides is 1. The molecule has 1 heterocycles. The normalized spacial score (nSPS) is 17.7. The highest BCUT2D eigenvalue weighted by atomic mass is 32.2. The van der Waals surface area contributed by atoms with E-state index in [0.717, 1.165) is 5.56 Å². The molecule has 36 heavy (non-hydrogen) atoms. The lowest BCUT2D eigenvalue weighted by Crippen LogP contribution is -2.55. The number of alkyl carbamates (subject to hydrolysis) is 1. The zero-order valence-corrected chi connectivity index (χ0v) is 21.9. The van der Waals surface area contributed by atoms with Gasteiger partial charge < -0.3 is 25.3 Å². The minimum Gasteiger partial charge on any atom is -0.497 e. The van der Waals surface area contributed by atoms with Crippen molar-refractivity contribution in [3.63, 3.8) is 0 Å². The van der Waals surface area contributed by atoms with Gasteiger partial charge in [0.25, 0.3) is 0 Å². The van der Waals surface area contributed by atoms with E-state index in [1.165, 1.54) is 23.5 Å². The molecule has 1 saturated heterocycles. The molecular weight excluding hydrogens is 482 g/mol. The molecule has 0 saturated carbocycles. The first-order valence-corrected chi connectivity index (χ1v) is 13.6. The average Bonchev–Trinajstić information content (AvgIpc) is 3.36. The summed E-state index contributed by atoms with van der Waals surface area (Å²) < 4.78 is 44.4. The molecule has 0 aliphatic carbocycles. The first kappa shape index (κ1) is 27.9. The number of benzene rings is 2. The van der Waals surface area contributed by atoms with Crippen molar-refractivity contribution in [1.29, 1.82) is 0 Å². The van der Waals surface area contributed by atoms with Crippen molar-refractivity contribution in [2.75, 3.05) is 33.4 Å². The van der Waals surface area contributed by atoms with Crippen LogP contribution in [-0.4, -0.2) is 70.4 Å². The van der Waals surface area contributed by atoms with Crippen LogP contribution in [0.2, 0.25) is 0 Å². The van der Waals surface area contributed by atoms with Crippen molar-refractivity contribution >= 4 is 16.1 Å². The SMILES string of the molecule is COc1ccc(S(=O)(=O)N(CC(C)C)C[C@@H](N)[C@H](Cc2ccccc2)NC(=O)O[C@H]2CCOC2)cc1. The molecule has 10 heteroatoms. The number of sulfonamides is 1. The van der Waals surface area contributed by atoms with Gasteiger partial charge in [0.05, 0.1) is 31.3 Å². The van der Waals surface area contributed by atoms with E-state index in [2.05, 4.69) is 5.32 Å². The second kappa shape index (κ2) is 13.0. The molecule has 1 aliphatic rings. The smallest absolute Gasteiger partial charge is 0.407 e. The van der Waals surface area contributed by atoms with Gasteiger partial charge in [-0.15, -0.1) is 0 Å². The topological polar surface area (TPSA) is 120 Å². The fraction of sp³-hybridized carbons (Fsp3) is 0.500. The second-order valence-electron chi connectivity index (χ2n) is 9.39. The molecule has 2 aromatic carbocycles. The van der Waals surface area contributed by atoms with Crippen molar-refractivity contribution in [3.8, 4) is 5.75 Å². The Kier molecular flexibility index (Phi) is 10.1. The lowest BCUT2D eigenvalue weighted by Gasteiger charge is -2.31. The summed E-state index contributed by atoms with van der Waals surface area (Å²) in [4.78, 5) is 12.8. The Bertz CT molecular complexity index is 1060. The van der Waals surface area contributed by atoms with Crippen LogP contribution in [0.15, 0.2) is 59.5 Å². The quantitative estimate of drug-likeness (QED) is 0.442. The van der Waals surface area contributed by atoms with Crippen molar-refractivity contribution in [3.05, 3.63) is 60.2 Å². The van der Waals surface area contributed by atoms with E-state index in [-0.39, 0.29) is 30.0 Å². The van der Waals surface area contributed by atoms with Gasteiger partial charge in [-0.3, -0.25) is 0 Å². The van der Waals surface area contributed by atoms with Crippen molar-refractivity contribution in [1.82, 2.24) is 9.62 Å². The van der Waals surface area contributed by atoms with Gasteiger partial charge in [0.1, 0.15) is 11.9 Å². The van der Waals surface area contributed by atoms with E-state index in [1.807, 2.05) is 44.2 Å². The maximum absolute atomic E-state index is 13.5. The van der Waals surface area contributed by atoms with Crippen LogP contribution in [0.3, 0.4) is 0 Å². The third-order valence-electron chi connectivity index (χ3n) is 5.96. The second-order valence-corrected chi connectivity index (χ2v) is 11.3. The summed E-state index contributed by atoms with van der Waals surface area (Å²) in [6.07, 6.45) is 0.184. The van der Waals surface area contributed by atoms with E-state index >= 15 is 0 Å². The average molecular weight is 520 g/mol. The van der Waals surface area contributed by atoms with Crippen molar-refractivity contribution in [2.45, 2.75) is 49.8 Å². The standard InChI is InChI=1S/C26H37N3O6S/c1-19(2)16-29(36(31,32)23-11-9-21(33-3)10-12-23)17-24(27)25(15-20-7-5-4-6-8-20)28-26(30)35-22-13-14-34-18-22/h4-12,19,22,24-25H,13-18,27H2,1-3H3,(H,28,30)/t22-,24+,25-/m0/s1. The predicted molar refractivity (Wildman–Crippen MR) is 137 cm³/mol. The van der Waals surface area contributed by atoms with E-state index in [1.54, 1.807) is 12.1 Å². The van der Waals surface area contributed by atoms with Crippen molar-refractivity contribution < 1.29 is 27.4 Å². The zero-order chi connectivity index (χ0) is 26.1. The van der Waals surface area contributed by atoms with Gasteiger partial charge in [-0.2, -0.15) is 4.31 Å². The number of nitrogens with two attached hydrogens (primary N) is 1. The monoisotopic (exact) mass is 519 g/mol. The lowest BCUT2D eigenvalue weighted by atomic mass is 9.99. The van der Waals surface area contributed by atoms with Crippen molar-refractivity contribution in [2.24, 2.45) is 11.7 Å². The molecule has 0 spiro atoms. The fourth-order valence-corrected chi connectivity index (χ4v) is 5.70. The number of ether oxygens (including phenoxy) is 3. The van der Waals surface area contributed by atoms with Crippen LogP contribution < -0.4 is 15.8 Å². The van der Waals surface area contributed by atoms with Crippen LogP contribution >= 0.6 is 0 Å². The molecule has 9 nitrogen and oxygen atoms in total. The summed E-state index contributed by atoms with van der Waals surface area (Å²) in [7, 11) is -2.31. The maximum atomic E-state index is 13.5. The summed E-state index contributed by atoms with van der Waals surface area (Å²) in [6, 6.07) is 14.6. The molecule has 3 N–H and O–H groups in total. The van der Waals surface area contributed by atoms with Gasteiger partial charge in [0.2, 0.25) is 10.0 Å². The Morgan fingerprint density at radius 3 is 2.42 bits per heavy atom. The molecule has 1 fully saturated rings. The van der Waals surface area contributed by atoms with E-state index in [0.29, 0.717) is 31.8 Å². The summed E-state index contributed by atoms with van der Waals surface area (Å²) in [6.45, 7) is 5.12. The number of carbonyl (C=O) groups excluding carboxylic acids is 1. The van der Waals surface area contributed by atoms with E-state index in [9.17, 15) is 13.2 Å². The summed E-state index contributed by atoms with van der Waals surface area (Å²) in [5.41, 5.74) is 7.57. The molecule has 2 aromatic rings. The molecule has 0 radical (unpaired) electrons. The first-order valence-electron chi connectivity index (χ1n) is 12.2.